The van der Waals surface area contributed by atoms with Gasteiger partial charge in [0, 0.05) is 12.1 Å². The number of benzene rings is 1. The Kier molecular flexibility index (Phi) is 5.53. The summed E-state index contributed by atoms with van der Waals surface area (Å²) in [6.45, 7) is 3.46. The van der Waals surface area contributed by atoms with Gasteiger partial charge in [-0.3, -0.25) is 10.1 Å². The molecule has 0 bridgehead atoms. The number of hydrogen-bond acceptors (Lipinski definition) is 5. The maximum absolute atomic E-state index is 11.1. The first-order chi connectivity index (χ1) is 8.63. The lowest BCUT2D eigenvalue weighted by molar-refractivity contribution is -0.384. The van der Waals surface area contributed by atoms with Crippen molar-refractivity contribution in [2.75, 3.05) is 13.2 Å². The van der Waals surface area contributed by atoms with Crippen LogP contribution in [0.1, 0.15) is 5.56 Å². The number of nitro benzene ring substituents is 1. The van der Waals surface area contributed by atoms with Crippen LogP contribution in [0.15, 0.2) is 36.9 Å². The molecule has 1 aromatic carbocycles. The van der Waals surface area contributed by atoms with Crippen LogP contribution in [-0.4, -0.2) is 24.1 Å². The molecule has 0 spiro atoms. The molecule has 6 nitrogen and oxygen atoms in total. The summed E-state index contributed by atoms with van der Waals surface area (Å²) in [5.41, 5.74) is 0.617. The Morgan fingerprint density at radius 2 is 2.28 bits per heavy atom. The predicted molar refractivity (Wildman–Crippen MR) is 63.9 cm³/mol. The van der Waals surface area contributed by atoms with Gasteiger partial charge in [0.2, 0.25) is 0 Å². The van der Waals surface area contributed by atoms with E-state index in [0.29, 0.717) is 5.56 Å². The SMILES string of the molecule is C=CCOC(=O)COCc1cccc([N+](=O)[O-])c1. The molecule has 0 atom stereocenters. The van der Waals surface area contributed by atoms with Crippen LogP contribution in [0.4, 0.5) is 5.69 Å². The lowest BCUT2D eigenvalue weighted by Gasteiger charge is -2.04. The minimum absolute atomic E-state index is 0.00895. The van der Waals surface area contributed by atoms with Crippen LogP contribution in [0.3, 0.4) is 0 Å². The van der Waals surface area contributed by atoms with E-state index >= 15 is 0 Å². The monoisotopic (exact) mass is 251 g/mol. The molecular weight excluding hydrogens is 238 g/mol. The van der Waals surface area contributed by atoms with Crippen LogP contribution in [-0.2, 0) is 20.9 Å². The number of nitro groups is 1. The molecule has 0 heterocycles. The van der Waals surface area contributed by atoms with E-state index in [9.17, 15) is 14.9 Å². The van der Waals surface area contributed by atoms with E-state index in [-0.39, 0.29) is 25.5 Å². The summed E-state index contributed by atoms with van der Waals surface area (Å²) in [7, 11) is 0. The fraction of sp³-hybridized carbons (Fsp3) is 0.250. The van der Waals surface area contributed by atoms with E-state index in [1.54, 1.807) is 12.1 Å². The topological polar surface area (TPSA) is 78.7 Å². The predicted octanol–water partition coefficient (Wildman–Crippen LogP) is 1.84. The zero-order chi connectivity index (χ0) is 13.4. The van der Waals surface area contributed by atoms with Crippen molar-refractivity contribution < 1.29 is 19.2 Å². The minimum Gasteiger partial charge on any atom is -0.460 e. The highest BCUT2D eigenvalue weighted by Crippen LogP contribution is 2.13. The largest absolute Gasteiger partial charge is 0.460 e. The number of esters is 1. The van der Waals surface area contributed by atoms with Crippen LogP contribution in [0.2, 0.25) is 0 Å². The number of non-ortho nitro benzene ring substituents is 1. The van der Waals surface area contributed by atoms with E-state index in [1.165, 1.54) is 18.2 Å². The summed E-state index contributed by atoms with van der Waals surface area (Å²) in [5, 5.41) is 10.5. The highest BCUT2D eigenvalue weighted by atomic mass is 16.6. The fourth-order valence-electron chi connectivity index (χ4n) is 1.21. The van der Waals surface area contributed by atoms with Crippen molar-refractivity contribution in [3.8, 4) is 0 Å². The molecule has 0 saturated heterocycles. The highest BCUT2D eigenvalue weighted by molar-refractivity contribution is 5.70. The Bertz CT molecular complexity index is 444. The molecule has 0 fully saturated rings. The van der Waals surface area contributed by atoms with Crippen LogP contribution in [0.5, 0.6) is 0 Å². The third-order valence-corrected chi connectivity index (χ3v) is 1.97. The normalized spacial score (nSPS) is 9.78. The number of hydrogen-bond donors (Lipinski definition) is 0. The molecule has 6 heteroatoms. The maximum atomic E-state index is 11.1. The molecule has 1 aromatic rings. The summed E-state index contributed by atoms with van der Waals surface area (Å²) < 4.78 is 9.78. The summed E-state index contributed by atoms with van der Waals surface area (Å²) in [4.78, 5) is 21.1. The molecular formula is C12H13NO5. The maximum Gasteiger partial charge on any atom is 0.332 e. The second kappa shape index (κ2) is 7.18. The standard InChI is InChI=1S/C12H13NO5/c1-2-6-18-12(14)9-17-8-10-4-3-5-11(7-10)13(15)16/h2-5,7H,1,6,8-9H2. The van der Waals surface area contributed by atoms with Gasteiger partial charge in [0.25, 0.3) is 5.69 Å². The van der Waals surface area contributed by atoms with Crippen LogP contribution in [0, 0.1) is 10.1 Å². The molecule has 96 valence electrons. The smallest absolute Gasteiger partial charge is 0.332 e. The molecule has 18 heavy (non-hydrogen) atoms. The van der Waals surface area contributed by atoms with Crippen molar-refractivity contribution in [1.82, 2.24) is 0 Å². The number of nitrogens with zero attached hydrogens (tertiary/aromatic N) is 1. The van der Waals surface area contributed by atoms with E-state index in [2.05, 4.69) is 6.58 Å². The molecule has 0 aliphatic carbocycles. The van der Waals surface area contributed by atoms with Crippen LogP contribution in [0.25, 0.3) is 0 Å². The number of carbonyl (C=O) groups is 1. The van der Waals surface area contributed by atoms with Gasteiger partial charge in [-0.2, -0.15) is 0 Å². The zero-order valence-electron chi connectivity index (χ0n) is 9.70. The van der Waals surface area contributed by atoms with Gasteiger partial charge in [-0.05, 0) is 5.56 Å². The van der Waals surface area contributed by atoms with Gasteiger partial charge < -0.3 is 9.47 Å². The Morgan fingerprint density at radius 3 is 2.94 bits per heavy atom. The first kappa shape index (κ1) is 13.9. The fourth-order valence-corrected chi connectivity index (χ4v) is 1.21. The molecule has 0 amide bonds. The molecule has 0 aromatic heterocycles. The zero-order valence-corrected chi connectivity index (χ0v) is 9.70. The molecule has 0 unspecified atom stereocenters. The van der Waals surface area contributed by atoms with Crippen molar-refractivity contribution >= 4 is 11.7 Å². The molecule has 0 radical (unpaired) electrons. The Labute approximate surface area is 104 Å². The lowest BCUT2D eigenvalue weighted by atomic mass is 10.2. The van der Waals surface area contributed by atoms with E-state index in [0.717, 1.165) is 0 Å². The van der Waals surface area contributed by atoms with Crippen molar-refractivity contribution in [2.45, 2.75) is 6.61 Å². The van der Waals surface area contributed by atoms with E-state index < -0.39 is 10.9 Å². The molecule has 1 rings (SSSR count). The third-order valence-electron chi connectivity index (χ3n) is 1.97. The van der Waals surface area contributed by atoms with Crippen molar-refractivity contribution in [3.05, 3.63) is 52.6 Å². The number of rotatable bonds is 7. The quantitative estimate of drug-likeness (QED) is 0.320. The highest BCUT2D eigenvalue weighted by Gasteiger charge is 2.06. The second-order valence-corrected chi connectivity index (χ2v) is 3.39. The van der Waals surface area contributed by atoms with E-state index in [1.807, 2.05) is 0 Å². The molecule has 0 N–H and O–H groups in total. The molecule has 0 saturated carbocycles. The first-order valence-electron chi connectivity index (χ1n) is 5.21. The van der Waals surface area contributed by atoms with Crippen LogP contribution < -0.4 is 0 Å². The lowest BCUT2D eigenvalue weighted by Crippen LogP contribution is -2.12. The first-order valence-corrected chi connectivity index (χ1v) is 5.21. The summed E-state index contributed by atoms with van der Waals surface area (Å²) >= 11 is 0. The van der Waals surface area contributed by atoms with Gasteiger partial charge in [0.1, 0.15) is 13.2 Å². The average Bonchev–Trinajstić information content (AvgIpc) is 2.36. The average molecular weight is 251 g/mol. The van der Waals surface area contributed by atoms with Crippen molar-refractivity contribution in [3.63, 3.8) is 0 Å². The Hall–Kier alpha value is -2.21. The Morgan fingerprint density at radius 1 is 1.50 bits per heavy atom. The van der Waals surface area contributed by atoms with Gasteiger partial charge in [0.15, 0.2) is 0 Å². The van der Waals surface area contributed by atoms with Gasteiger partial charge in [0.05, 0.1) is 11.5 Å². The minimum atomic E-state index is -0.500. The van der Waals surface area contributed by atoms with Gasteiger partial charge >= 0.3 is 5.97 Å². The van der Waals surface area contributed by atoms with Gasteiger partial charge in [-0.1, -0.05) is 24.8 Å². The molecule has 0 aliphatic rings. The summed E-state index contributed by atoms with van der Waals surface area (Å²) in [6, 6.07) is 6.03. The molecule has 0 aliphatic heterocycles. The summed E-state index contributed by atoms with van der Waals surface area (Å²) in [5.74, 6) is -0.500. The summed E-state index contributed by atoms with van der Waals surface area (Å²) in [6.07, 6.45) is 1.46. The third kappa shape index (κ3) is 4.75. The number of carbonyl (C=O) groups excluding carboxylic acids is 1. The van der Waals surface area contributed by atoms with E-state index in [4.69, 9.17) is 9.47 Å². The number of ether oxygens (including phenoxy) is 2. The Balaban J connectivity index is 2.39. The second-order valence-electron chi connectivity index (χ2n) is 3.39. The van der Waals surface area contributed by atoms with Crippen molar-refractivity contribution in [2.24, 2.45) is 0 Å². The van der Waals surface area contributed by atoms with Gasteiger partial charge in [-0.15, -0.1) is 0 Å². The van der Waals surface area contributed by atoms with Crippen LogP contribution >= 0.6 is 0 Å². The van der Waals surface area contributed by atoms with Crippen molar-refractivity contribution in [1.29, 1.82) is 0 Å². The van der Waals surface area contributed by atoms with Gasteiger partial charge in [-0.25, -0.2) is 4.79 Å².